The lowest BCUT2D eigenvalue weighted by atomic mass is 10.1. The number of carbonyl (C=O) groups is 1. The summed E-state index contributed by atoms with van der Waals surface area (Å²) in [4.78, 5) is 13.3. The van der Waals surface area contributed by atoms with Gasteiger partial charge in [0.1, 0.15) is 6.10 Å². The molecular formula is C13H18N2O4S. The first-order valence-corrected chi connectivity index (χ1v) is 8.15. The Kier molecular flexibility index (Phi) is 4.01. The van der Waals surface area contributed by atoms with Gasteiger partial charge < -0.3 is 4.74 Å². The van der Waals surface area contributed by atoms with E-state index in [1.165, 1.54) is 4.90 Å². The highest BCUT2D eigenvalue weighted by atomic mass is 32.2. The maximum atomic E-state index is 11.8. The van der Waals surface area contributed by atoms with E-state index >= 15 is 0 Å². The quantitative estimate of drug-likeness (QED) is 0.905. The number of ether oxygens (including phenoxy) is 1. The van der Waals surface area contributed by atoms with Gasteiger partial charge in [-0.1, -0.05) is 6.07 Å². The number of cyclic esters (lactones) is 1. The van der Waals surface area contributed by atoms with Crippen molar-refractivity contribution in [1.82, 2.24) is 4.72 Å². The molecule has 0 spiro atoms. The van der Waals surface area contributed by atoms with Gasteiger partial charge in [-0.3, -0.25) is 4.90 Å². The highest BCUT2D eigenvalue weighted by molar-refractivity contribution is 7.88. The lowest BCUT2D eigenvalue weighted by Gasteiger charge is -2.14. The zero-order chi connectivity index (χ0) is 14.9. The Morgan fingerprint density at radius 2 is 2.05 bits per heavy atom. The summed E-state index contributed by atoms with van der Waals surface area (Å²) in [6, 6.07) is 5.72. The molecule has 1 unspecified atom stereocenters. The Morgan fingerprint density at radius 3 is 2.65 bits per heavy atom. The molecule has 1 aliphatic heterocycles. The summed E-state index contributed by atoms with van der Waals surface area (Å²) in [5.74, 6) is 0. The third kappa shape index (κ3) is 3.49. The molecule has 1 fully saturated rings. The van der Waals surface area contributed by atoms with Crippen molar-refractivity contribution in [3.05, 3.63) is 29.3 Å². The minimum absolute atomic E-state index is 0.0892. The molecule has 1 aliphatic rings. The van der Waals surface area contributed by atoms with Crippen LogP contribution >= 0.6 is 0 Å². The van der Waals surface area contributed by atoms with Crippen LogP contribution in [-0.2, 0) is 14.8 Å². The number of benzene rings is 1. The van der Waals surface area contributed by atoms with Gasteiger partial charge in [-0.05, 0) is 37.1 Å². The maximum absolute atomic E-state index is 11.8. The number of sulfonamides is 1. The van der Waals surface area contributed by atoms with Crippen molar-refractivity contribution in [2.24, 2.45) is 0 Å². The van der Waals surface area contributed by atoms with Crippen molar-refractivity contribution in [3.63, 3.8) is 0 Å². The second-order valence-corrected chi connectivity index (χ2v) is 6.84. The first kappa shape index (κ1) is 14.8. The van der Waals surface area contributed by atoms with E-state index in [9.17, 15) is 13.2 Å². The molecule has 0 aromatic heterocycles. The molecule has 1 aromatic carbocycles. The highest BCUT2D eigenvalue weighted by Crippen LogP contribution is 2.23. The summed E-state index contributed by atoms with van der Waals surface area (Å²) in [6.45, 7) is 4.40. The molecule has 1 heterocycles. The fraction of sp³-hybridized carbons (Fsp3) is 0.462. The molecule has 1 aromatic rings. The largest absolute Gasteiger partial charge is 0.443 e. The fourth-order valence-corrected chi connectivity index (χ4v) is 2.47. The lowest BCUT2D eigenvalue weighted by Crippen LogP contribution is -2.34. The van der Waals surface area contributed by atoms with Gasteiger partial charge in [-0.2, -0.15) is 0 Å². The van der Waals surface area contributed by atoms with Crippen molar-refractivity contribution in [2.45, 2.75) is 20.0 Å². The van der Waals surface area contributed by atoms with Gasteiger partial charge >= 0.3 is 6.09 Å². The number of hydrogen-bond acceptors (Lipinski definition) is 4. The van der Waals surface area contributed by atoms with E-state index in [1.807, 2.05) is 32.0 Å². The van der Waals surface area contributed by atoms with E-state index in [2.05, 4.69) is 4.72 Å². The van der Waals surface area contributed by atoms with Crippen LogP contribution in [0.4, 0.5) is 10.5 Å². The molecule has 7 heteroatoms. The molecule has 0 aliphatic carbocycles. The van der Waals surface area contributed by atoms with Crippen LogP contribution in [0, 0.1) is 13.8 Å². The molecule has 1 amide bonds. The molecule has 0 radical (unpaired) electrons. The first-order valence-electron chi connectivity index (χ1n) is 6.26. The predicted octanol–water partition coefficient (Wildman–Crippen LogP) is 1.18. The van der Waals surface area contributed by atoms with Crippen molar-refractivity contribution >= 4 is 21.8 Å². The highest BCUT2D eigenvalue weighted by Gasteiger charge is 2.32. The number of aryl methyl sites for hydroxylation is 2. The molecule has 1 N–H and O–H groups in total. The lowest BCUT2D eigenvalue weighted by molar-refractivity contribution is 0.143. The monoisotopic (exact) mass is 298 g/mol. The number of carbonyl (C=O) groups excluding carboxylic acids is 1. The standard InChI is InChI=1S/C13H18N2O4S/c1-9-4-5-11(6-10(9)2)15-8-12(19-13(15)16)7-14-20(3,17)18/h4-6,12,14H,7-8H2,1-3H3. The van der Waals surface area contributed by atoms with E-state index in [1.54, 1.807) is 0 Å². The summed E-state index contributed by atoms with van der Waals surface area (Å²) >= 11 is 0. The smallest absolute Gasteiger partial charge is 0.414 e. The zero-order valence-electron chi connectivity index (χ0n) is 11.7. The summed E-state index contributed by atoms with van der Waals surface area (Å²) in [6.07, 6.45) is 0.151. The molecule has 20 heavy (non-hydrogen) atoms. The third-order valence-electron chi connectivity index (χ3n) is 3.25. The number of rotatable bonds is 4. The van der Waals surface area contributed by atoms with Crippen LogP contribution in [0.2, 0.25) is 0 Å². The average Bonchev–Trinajstić information content (AvgIpc) is 2.71. The van der Waals surface area contributed by atoms with Gasteiger partial charge in [0.15, 0.2) is 0 Å². The van der Waals surface area contributed by atoms with E-state index in [0.717, 1.165) is 23.1 Å². The molecule has 1 atom stereocenters. The van der Waals surface area contributed by atoms with Crippen molar-refractivity contribution in [2.75, 3.05) is 24.2 Å². The number of anilines is 1. The van der Waals surface area contributed by atoms with E-state index < -0.39 is 22.2 Å². The Bertz CT molecular complexity index is 627. The van der Waals surface area contributed by atoms with E-state index in [-0.39, 0.29) is 6.54 Å². The average molecular weight is 298 g/mol. The van der Waals surface area contributed by atoms with Crippen molar-refractivity contribution < 1.29 is 17.9 Å². The predicted molar refractivity (Wildman–Crippen MR) is 76.4 cm³/mol. The second-order valence-electron chi connectivity index (χ2n) is 5.01. The Labute approximate surface area is 118 Å². The van der Waals surface area contributed by atoms with Gasteiger partial charge in [0.05, 0.1) is 12.8 Å². The number of amides is 1. The summed E-state index contributed by atoms with van der Waals surface area (Å²) in [5, 5.41) is 0. The summed E-state index contributed by atoms with van der Waals surface area (Å²) in [7, 11) is -3.28. The van der Waals surface area contributed by atoms with Gasteiger partial charge in [-0.15, -0.1) is 0 Å². The number of hydrogen-bond donors (Lipinski definition) is 1. The second kappa shape index (κ2) is 5.41. The Hall–Kier alpha value is -1.60. The van der Waals surface area contributed by atoms with E-state index in [0.29, 0.717) is 6.54 Å². The molecular weight excluding hydrogens is 280 g/mol. The SMILES string of the molecule is Cc1ccc(N2CC(CNS(C)(=O)=O)OC2=O)cc1C. The molecule has 0 bridgehead atoms. The molecule has 110 valence electrons. The van der Waals surface area contributed by atoms with Gasteiger partial charge in [0, 0.05) is 12.2 Å². The van der Waals surface area contributed by atoms with Crippen LogP contribution in [-0.4, -0.2) is 40.0 Å². The third-order valence-corrected chi connectivity index (χ3v) is 3.94. The van der Waals surface area contributed by atoms with E-state index in [4.69, 9.17) is 4.74 Å². The molecule has 0 saturated carbocycles. The minimum Gasteiger partial charge on any atom is -0.443 e. The van der Waals surface area contributed by atoms with Crippen LogP contribution in [0.25, 0.3) is 0 Å². The number of nitrogens with zero attached hydrogens (tertiary/aromatic N) is 1. The molecule has 2 rings (SSSR count). The Morgan fingerprint density at radius 1 is 1.35 bits per heavy atom. The van der Waals surface area contributed by atoms with Crippen molar-refractivity contribution in [1.29, 1.82) is 0 Å². The van der Waals surface area contributed by atoms with Crippen LogP contribution in [0.5, 0.6) is 0 Å². The van der Waals surface area contributed by atoms with Gasteiger partial charge in [0.2, 0.25) is 10.0 Å². The normalized spacial score (nSPS) is 19.2. The maximum Gasteiger partial charge on any atom is 0.414 e. The van der Waals surface area contributed by atoms with Gasteiger partial charge in [0.25, 0.3) is 0 Å². The first-order chi connectivity index (χ1) is 9.26. The molecule has 1 saturated heterocycles. The zero-order valence-corrected chi connectivity index (χ0v) is 12.5. The molecule has 6 nitrogen and oxygen atoms in total. The summed E-state index contributed by atoms with van der Waals surface area (Å²) in [5.41, 5.74) is 3.00. The van der Waals surface area contributed by atoms with Crippen molar-refractivity contribution in [3.8, 4) is 0 Å². The van der Waals surface area contributed by atoms with Crippen LogP contribution in [0.15, 0.2) is 18.2 Å². The van der Waals surface area contributed by atoms with Gasteiger partial charge in [-0.25, -0.2) is 17.9 Å². The minimum atomic E-state index is -3.28. The van der Waals surface area contributed by atoms with Crippen LogP contribution in [0.3, 0.4) is 0 Å². The fourth-order valence-electron chi connectivity index (χ4n) is 1.98. The Balaban J connectivity index is 2.07. The van der Waals surface area contributed by atoms with Crippen LogP contribution < -0.4 is 9.62 Å². The summed E-state index contributed by atoms with van der Waals surface area (Å²) < 4.78 is 29.6. The topological polar surface area (TPSA) is 75.7 Å². The number of nitrogens with one attached hydrogen (secondary N) is 1. The van der Waals surface area contributed by atoms with Crippen LogP contribution in [0.1, 0.15) is 11.1 Å².